The maximum Gasteiger partial charge on any atom is 0.387 e. The topological polar surface area (TPSA) is 95.0 Å². The summed E-state index contributed by atoms with van der Waals surface area (Å²) in [6.45, 7) is -2.61. The second-order valence-corrected chi connectivity index (χ2v) is 14.0. The summed E-state index contributed by atoms with van der Waals surface area (Å²) in [5.74, 6) is -0.148. The Kier molecular flexibility index (Phi) is 9.61. The van der Waals surface area contributed by atoms with E-state index in [1.807, 2.05) is 0 Å². The van der Waals surface area contributed by atoms with Crippen LogP contribution < -0.4 is 9.47 Å². The summed E-state index contributed by atoms with van der Waals surface area (Å²) in [7, 11) is -3.93. The summed E-state index contributed by atoms with van der Waals surface area (Å²) in [5.41, 5.74) is 0.835. The highest BCUT2D eigenvalue weighted by molar-refractivity contribution is 8.02. The number of thioether (sulfide) groups is 1. The molecule has 2 aliphatic rings. The molecule has 220 valence electrons. The number of hydrogen-bond donors (Lipinski definition) is 0. The fourth-order valence-electron chi connectivity index (χ4n) is 4.19. The van der Waals surface area contributed by atoms with Crippen molar-refractivity contribution < 1.29 is 36.2 Å². The average Bonchev–Trinajstić information content (AvgIpc) is 3.36. The minimum atomic E-state index is -3.93. The van der Waals surface area contributed by atoms with Crippen LogP contribution in [0.2, 0.25) is 10.0 Å². The fraction of sp³-hybridized carbons (Fsp3) is 0.385. The van der Waals surface area contributed by atoms with Crippen molar-refractivity contribution in [2.45, 2.75) is 42.2 Å². The molecule has 0 bridgehead atoms. The number of alkyl halides is 2. The van der Waals surface area contributed by atoms with Crippen LogP contribution >= 0.6 is 46.3 Å². The Balaban J connectivity index is 1.46. The number of aromatic nitrogens is 1. The third-order valence-corrected chi connectivity index (χ3v) is 11.1. The molecule has 1 saturated heterocycles. The molecule has 3 heterocycles. The molecule has 1 aromatic carbocycles. The number of carbonyl (C=O) groups is 1. The van der Waals surface area contributed by atoms with Crippen molar-refractivity contribution in [1.82, 2.24) is 9.29 Å². The molecule has 1 saturated carbocycles. The van der Waals surface area contributed by atoms with Gasteiger partial charge in [0.1, 0.15) is 6.10 Å². The zero-order chi connectivity index (χ0) is 29.1. The van der Waals surface area contributed by atoms with E-state index in [9.17, 15) is 22.0 Å². The van der Waals surface area contributed by atoms with E-state index in [-0.39, 0.29) is 39.4 Å². The molecular formula is C26H24Cl2F2N2O6S3. The quantitative estimate of drug-likeness (QED) is 0.205. The first kappa shape index (κ1) is 30.3. The first-order valence-corrected chi connectivity index (χ1v) is 16.7. The van der Waals surface area contributed by atoms with Gasteiger partial charge in [-0.3, -0.25) is 4.98 Å². The smallest absolute Gasteiger partial charge is 0.387 e. The van der Waals surface area contributed by atoms with Gasteiger partial charge >= 0.3 is 12.6 Å². The lowest BCUT2D eigenvalue weighted by atomic mass is 10.0. The van der Waals surface area contributed by atoms with Crippen molar-refractivity contribution in [2.24, 2.45) is 5.92 Å². The van der Waals surface area contributed by atoms with E-state index in [0.717, 1.165) is 28.9 Å². The molecule has 0 N–H and O–H groups in total. The van der Waals surface area contributed by atoms with Gasteiger partial charge in [-0.05, 0) is 53.5 Å². The van der Waals surface area contributed by atoms with E-state index < -0.39 is 34.1 Å². The number of carbonyl (C=O) groups excluding carboxylic acids is 1. The Bertz CT molecular complexity index is 1470. The molecule has 3 aromatic rings. The molecule has 0 radical (unpaired) electrons. The number of sulfonamides is 1. The molecule has 0 amide bonds. The average molecular weight is 666 g/mol. The maximum absolute atomic E-state index is 13.6. The number of ether oxygens (including phenoxy) is 3. The Morgan fingerprint density at radius 2 is 1.90 bits per heavy atom. The molecule has 1 aliphatic carbocycles. The summed E-state index contributed by atoms with van der Waals surface area (Å²) < 4.78 is 70.2. The zero-order valence-corrected chi connectivity index (χ0v) is 25.2. The Morgan fingerprint density at radius 1 is 1.15 bits per heavy atom. The highest BCUT2D eigenvalue weighted by Gasteiger charge is 2.42. The van der Waals surface area contributed by atoms with Crippen LogP contribution in [0.1, 0.15) is 30.1 Å². The number of pyridine rings is 1. The predicted octanol–water partition coefficient (Wildman–Crippen LogP) is 6.43. The Hall–Kier alpha value is -2.16. The van der Waals surface area contributed by atoms with Crippen LogP contribution in [0, 0.1) is 5.92 Å². The lowest BCUT2D eigenvalue weighted by Crippen LogP contribution is -2.40. The summed E-state index contributed by atoms with van der Waals surface area (Å²) >= 11 is 15.1. The SMILES string of the molecule is O=C(O[C@@H](Cc1c(Cl)cncc1Cl)c1ccc(OC(F)F)c(OCC2CC2)c1)C1SCCN1S(=O)(=O)c1ccsc1. The van der Waals surface area contributed by atoms with Gasteiger partial charge in [-0.15, -0.1) is 11.8 Å². The van der Waals surface area contributed by atoms with Gasteiger partial charge < -0.3 is 14.2 Å². The molecule has 15 heteroatoms. The predicted molar refractivity (Wildman–Crippen MR) is 153 cm³/mol. The highest BCUT2D eigenvalue weighted by atomic mass is 35.5. The minimum absolute atomic E-state index is 0.00227. The first-order chi connectivity index (χ1) is 19.6. The monoisotopic (exact) mass is 664 g/mol. The lowest BCUT2D eigenvalue weighted by Gasteiger charge is -2.25. The summed E-state index contributed by atoms with van der Waals surface area (Å²) in [6.07, 6.45) is 3.72. The van der Waals surface area contributed by atoms with Crippen molar-refractivity contribution in [1.29, 1.82) is 0 Å². The van der Waals surface area contributed by atoms with Crippen molar-refractivity contribution >= 4 is 62.3 Å². The number of nitrogens with zero attached hydrogens (tertiary/aromatic N) is 2. The number of halogens is 4. The van der Waals surface area contributed by atoms with Gasteiger partial charge in [0, 0.05) is 36.5 Å². The van der Waals surface area contributed by atoms with Gasteiger partial charge in [0.05, 0.1) is 21.5 Å². The van der Waals surface area contributed by atoms with E-state index in [2.05, 4.69) is 9.72 Å². The molecule has 0 spiro atoms. The third-order valence-electron chi connectivity index (χ3n) is 6.48. The summed E-state index contributed by atoms with van der Waals surface area (Å²) in [5, 5.41) is 2.49. The minimum Gasteiger partial charge on any atom is -0.489 e. The van der Waals surface area contributed by atoms with E-state index in [0.29, 0.717) is 29.4 Å². The van der Waals surface area contributed by atoms with Crippen LogP contribution in [0.15, 0.2) is 52.3 Å². The van der Waals surface area contributed by atoms with E-state index >= 15 is 0 Å². The van der Waals surface area contributed by atoms with Crippen LogP contribution in [-0.4, -0.2) is 54.6 Å². The summed E-state index contributed by atoms with van der Waals surface area (Å²) in [6, 6.07) is 5.75. The third kappa shape index (κ3) is 7.26. The first-order valence-electron chi connectivity index (χ1n) is 12.5. The van der Waals surface area contributed by atoms with Gasteiger partial charge in [0.15, 0.2) is 16.9 Å². The van der Waals surface area contributed by atoms with Crippen LogP contribution in [0.25, 0.3) is 0 Å². The van der Waals surface area contributed by atoms with Crippen LogP contribution in [-0.2, 0) is 26.0 Å². The standard InChI is InChI=1S/C26H24Cl2F2N2O6S3/c27-19-11-31-12-20(28)18(19)10-22(16-3-4-21(38-26(29)30)23(9-16)36-13-15-1-2-15)37-25(33)24-32(6-8-40-24)41(34,35)17-5-7-39-14-17/h3-5,7,9,11-12,14-15,22,24,26H,1-2,6,8,10,13H2/t22-,24?/m0/s1. The molecule has 2 fully saturated rings. The Labute approximate surface area is 253 Å². The van der Waals surface area contributed by atoms with Gasteiger partial charge in [-0.25, -0.2) is 13.2 Å². The molecule has 1 aliphatic heterocycles. The second-order valence-electron chi connectivity index (χ2n) is 9.35. The zero-order valence-electron chi connectivity index (χ0n) is 21.3. The largest absolute Gasteiger partial charge is 0.489 e. The molecular weight excluding hydrogens is 641 g/mol. The van der Waals surface area contributed by atoms with E-state index in [4.69, 9.17) is 32.7 Å². The number of thiophene rings is 1. The number of esters is 1. The molecule has 8 nitrogen and oxygen atoms in total. The van der Waals surface area contributed by atoms with Crippen molar-refractivity contribution in [2.75, 3.05) is 18.9 Å². The van der Waals surface area contributed by atoms with E-state index in [1.54, 1.807) is 5.38 Å². The van der Waals surface area contributed by atoms with Crippen LogP contribution in [0.3, 0.4) is 0 Å². The molecule has 2 aromatic heterocycles. The second kappa shape index (κ2) is 13.0. The summed E-state index contributed by atoms with van der Waals surface area (Å²) in [4.78, 5) is 17.6. The fourth-order valence-corrected chi connectivity index (χ4v) is 8.77. The van der Waals surface area contributed by atoms with Gasteiger partial charge in [-0.2, -0.15) is 24.4 Å². The number of rotatable bonds is 12. The van der Waals surface area contributed by atoms with Crippen molar-refractivity contribution in [3.63, 3.8) is 0 Å². The van der Waals surface area contributed by atoms with E-state index in [1.165, 1.54) is 53.4 Å². The number of hydrogen-bond acceptors (Lipinski definition) is 9. The van der Waals surface area contributed by atoms with Gasteiger partial charge in [-0.1, -0.05) is 29.3 Å². The van der Waals surface area contributed by atoms with Crippen molar-refractivity contribution in [3.05, 3.63) is 68.6 Å². The highest BCUT2D eigenvalue weighted by Crippen LogP contribution is 2.39. The molecule has 41 heavy (non-hydrogen) atoms. The molecule has 2 atom stereocenters. The van der Waals surface area contributed by atoms with Crippen LogP contribution in [0.5, 0.6) is 11.5 Å². The number of benzene rings is 1. The maximum atomic E-state index is 13.6. The lowest BCUT2D eigenvalue weighted by molar-refractivity contribution is -0.150. The van der Waals surface area contributed by atoms with Gasteiger partial charge in [0.2, 0.25) is 10.0 Å². The van der Waals surface area contributed by atoms with Crippen molar-refractivity contribution in [3.8, 4) is 11.5 Å². The Morgan fingerprint density at radius 3 is 2.56 bits per heavy atom. The molecule has 5 rings (SSSR count). The normalized spacial score (nSPS) is 18.4. The van der Waals surface area contributed by atoms with Gasteiger partial charge in [0.25, 0.3) is 0 Å². The van der Waals surface area contributed by atoms with Crippen LogP contribution in [0.4, 0.5) is 8.78 Å². The molecule has 1 unspecified atom stereocenters.